The average molecular weight is 251 g/mol. The lowest BCUT2D eigenvalue weighted by molar-refractivity contribution is 1.21. The van der Waals surface area contributed by atoms with E-state index >= 15 is 0 Å². The van der Waals surface area contributed by atoms with Crippen LogP contribution in [0.15, 0.2) is 60.0 Å². The Hall–Kier alpha value is -1.93. The van der Waals surface area contributed by atoms with Crippen molar-refractivity contribution < 1.29 is 0 Å². The Bertz CT molecular complexity index is 642. The second-order valence-corrected chi connectivity index (χ2v) is 5.17. The fourth-order valence-electron chi connectivity index (χ4n) is 2.01. The molecule has 2 aromatic heterocycles. The third-order valence-corrected chi connectivity index (χ3v) is 3.75. The number of rotatable bonds is 2. The highest BCUT2D eigenvalue weighted by molar-refractivity contribution is 7.13. The predicted octanol–water partition coefficient (Wildman–Crippen LogP) is 4.79. The number of aromatic nitrogens is 1. The first-order chi connectivity index (χ1) is 8.83. The van der Waals surface area contributed by atoms with Crippen LogP contribution < -0.4 is 0 Å². The Morgan fingerprint density at radius 3 is 2.44 bits per heavy atom. The zero-order valence-electron chi connectivity index (χ0n) is 10.1. The van der Waals surface area contributed by atoms with Gasteiger partial charge in [-0.15, -0.1) is 11.3 Å². The summed E-state index contributed by atoms with van der Waals surface area (Å²) in [6.07, 6.45) is 0. The van der Waals surface area contributed by atoms with Gasteiger partial charge in [0.05, 0.1) is 5.69 Å². The highest BCUT2D eigenvalue weighted by Crippen LogP contribution is 2.28. The molecule has 0 unspecified atom stereocenters. The Morgan fingerprint density at radius 1 is 0.889 bits per heavy atom. The minimum absolute atomic E-state index is 1.04. The molecule has 1 nitrogen and oxygen atoms in total. The minimum atomic E-state index is 1.04. The molecular weight excluding hydrogens is 238 g/mol. The maximum atomic E-state index is 4.62. The van der Waals surface area contributed by atoms with Gasteiger partial charge in [0.1, 0.15) is 0 Å². The van der Waals surface area contributed by atoms with Gasteiger partial charge in [0.2, 0.25) is 0 Å². The molecule has 0 aliphatic heterocycles. The largest absolute Gasteiger partial charge is 0.253 e. The van der Waals surface area contributed by atoms with Gasteiger partial charge < -0.3 is 0 Å². The van der Waals surface area contributed by atoms with Crippen molar-refractivity contribution in [2.24, 2.45) is 0 Å². The quantitative estimate of drug-likeness (QED) is 0.638. The average Bonchev–Trinajstić information content (AvgIpc) is 2.93. The van der Waals surface area contributed by atoms with Gasteiger partial charge in [-0.05, 0) is 36.1 Å². The molecule has 0 amide bonds. The molecule has 0 saturated heterocycles. The van der Waals surface area contributed by atoms with Crippen LogP contribution in [0.1, 0.15) is 5.69 Å². The topological polar surface area (TPSA) is 12.9 Å². The summed E-state index contributed by atoms with van der Waals surface area (Å²) in [5, 5.41) is 2.10. The fourth-order valence-corrected chi connectivity index (χ4v) is 2.73. The summed E-state index contributed by atoms with van der Waals surface area (Å²) in [6.45, 7) is 2.05. The number of thiophene rings is 1. The zero-order chi connectivity index (χ0) is 12.4. The van der Waals surface area contributed by atoms with Crippen LogP contribution in [0, 0.1) is 6.92 Å². The summed E-state index contributed by atoms with van der Waals surface area (Å²) in [6, 6.07) is 18.8. The third kappa shape index (κ3) is 2.20. The van der Waals surface area contributed by atoms with E-state index in [0.717, 1.165) is 11.4 Å². The number of nitrogens with zero attached hydrogens (tertiary/aromatic N) is 1. The molecule has 0 N–H and O–H groups in total. The van der Waals surface area contributed by atoms with E-state index < -0.39 is 0 Å². The van der Waals surface area contributed by atoms with Gasteiger partial charge in [-0.3, -0.25) is 4.98 Å². The monoisotopic (exact) mass is 251 g/mol. The van der Waals surface area contributed by atoms with Crippen LogP contribution >= 0.6 is 11.3 Å². The molecule has 0 spiro atoms. The lowest BCUT2D eigenvalue weighted by atomic mass is 10.1. The highest BCUT2D eigenvalue weighted by Gasteiger charge is 2.05. The highest BCUT2D eigenvalue weighted by atomic mass is 32.1. The number of hydrogen-bond donors (Lipinski definition) is 0. The zero-order valence-corrected chi connectivity index (χ0v) is 10.9. The SMILES string of the molecule is Cc1cc(-c2cccs2)cc(-c2ccccc2)n1. The van der Waals surface area contributed by atoms with Crippen LogP contribution in [-0.4, -0.2) is 4.98 Å². The maximum absolute atomic E-state index is 4.62. The molecule has 2 heteroatoms. The first kappa shape index (κ1) is 11.2. The van der Waals surface area contributed by atoms with Crippen molar-refractivity contribution in [3.63, 3.8) is 0 Å². The van der Waals surface area contributed by atoms with Crippen molar-refractivity contribution in [3.05, 3.63) is 65.7 Å². The second kappa shape index (κ2) is 4.75. The van der Waals surface area contributed by atoms with Gasteiger partial charge in [-0.1, -0.05) is 36.4 Å². The Balaban J connectivity index is 2.12. The van der Waals surface area contributed by atoms with Gasteiger partial charge >= 0.3 is 0 Å². The number of hydrogen-bond acceptors (Lipinski definition) is 2. The summed E-state index contributed by atoms with van der Waals surface area (Å²) in [5.41, 5.74) is 4.51. The summed E-state index contributed by atoms with van der Waals surface area (Å²) < 4.78 is 0. The molecule has 88 valence electrons. The van der Waals surface area contributed by atoms with E-state index in [2.05, 4.69) is 46.8 Å². The van der Waals surface area contributed by atoms with Crippen LogP contribution in [0.3, 0.4) is 0 Å². The number of pyridine rings is 1. The van der Waals surface area contributed by atoms with Crippen LogP contribution in [0.5, 0.6) is 0 Å². The number of benzene rings is 1. The number of aryl methyl sites for hydroxylation is 1. The van der Waals surface area contributed by atoms with Crippen molar-refractivity contribution in [1.82, 2.24) is 4.98 Å². The van der Waals surface area contributed by atoms with Crippen LogP contribution in [0.2, 0.25) is 0 Å². The van der Waals surface area contributed by atoms with Crippen molar-refractivity contribution >= 4 is 11.3 Å². The first-order valence-corrected chi connectivity index (χ1v) is 6.79. The molecule has 1 aromatic carbocycles. The molecule has 3 aromatic rings. The van der Waals surface area contributed by atoms with Gasteiger partial charge in [0, 0.05) is 16.1 Å². The maximum Gasteiger partial charge on any atom is 0.0711 e. The van der Waals surface area contributed by atoms with Crippen LogP contribution in [0.25, 0.3) is 21.7 Å². The molecule has 3 rings (SSSR count). The van der Waals surface area contributed by atoms with Gasteiger partial charge in [0.15, 0.2) is 0 Å². The smallest absolute Gasteiger partial charge is 0.0711 e. The molecule has 0 atom stereocenters. The van der Waals surface area contributed by atoms with E-state index in [4.69, 9.17) is 0 Å². The normalized spacial score (nSPS) is 10.5. The Labute approximate surface area is 111 Å². The van der Waals surface area contributed by atoms with Crippen molar-refractivity contribution in [1.29, 1.82) is 0 Å². The molecule has 18 heavy (non-hydrogen) atoms. The van der Waals surface area contributed by atoms with Crippen LogP contribution in [0.4, 0.5) is 0 Å². The molecule has 0 saturated carbocycles. The van der Waals surface area contributed by atoms with E-state index in [9.17, 15) is 0 Å². The lowest BCUT2D eigenvalue weighted by Crippen LogP contribution is -1.88. The summed E-state index contributed by atoms with van der Waals surface area (Å²) >= 11 is 1.76. The van der Waals surface area contributed by atoms with E-state index in [1.54, 1.807) is 11.3 Å². The van der Waals surface area contributed by atoms with E-state index in [-0.39, 0.29) is 0 Å². The molecular formula is C16H13NS. The molecule has 2 heterocycles. The van der Waals surface area contributed by atoms with E-state index in [1.807, 2.05) is 25.1 Å². The first-order valence-electron chi connectivity index (χ1n) is 5.91. The fraction of sp³-hybridized carbons (Fsp3) is 0.0625. The van der Waals surface area contributed by atoms with E-state index in [1.165, 1.54) is 16.0 Å². The Kier molecular flexibility index (Phi) is 2.95. The Morgan fingerprint density at radius 2 is 1.72 bits per heavy atom. The van der Waals surface area contributed by atoms with Crippen molar-refractivity contribution in [2.45, 2.75) is 6.92 Å². The minimum Gasteiger partial charge on any atom is -0.253 e. The summed E-state index contributed by atoms with van der Waals surface area (Å²) in [5.74, 6) is 0. The molecule has 0 bridgehead atoms. The van der Waals surface area contributed by atoms with Crippen molar-refractivity contribution in [2.75, 3.05) is 0 Å². The lowest BCUT2D eigenvalue weighted by Gasteiger charge is -2.05. The molecule has 0 aliphatic carbocycles. The second-order valence-electron chi connectivity index (χ2n) is 4.23. The standard InChI is InChI=1S/C16H13NS/c1-12-10-14(16-8-5-9-18-16)11-15(17-12)13-6-3-2-4-7-13/h2-11H,1H3. The molecule has 0 aliphatic rings. The summed E-state index contributed by atoms with van der Waals surface area (Å²) in [7, 11) is 0. The van der Waals surface area contributed by atoms with Crippen LogP contribution in [-0.2, 0) is 0 Å². The van der Waals surface area contributed by atoms with Crippen molar-refractivity contribution in [3.8, 4) is 21.7 Å². The summed E-state index contributed by atoms with van der Waals surface area (Å²) in [4.78, 5) is 5.91. The van der Waals surface area contributed by atoms with Gasteiger partial charge in [-0.25, -0.2) is 0 Å². The molecule has 0 radical (unpaired) electrons. The third-order valence-electron chi connectivity index (χ3n) is 2.83. The van der Waals surface area contributed by atoms with Gasteiger partial charge in [-0.2, -0.15) is 0 Å². The predicted molar refractivity (Wildman–Crippen MR) is 77.7 cm³/mol. The molecule has 0 fully saturated rings. The van der Waals surface area contributed by atoms with E-state index in [0.29, 0.717) is 0 Å². The van der Waals surface area contributed by atoms with Gasteiger partial charge in [0.25, 0.3) is 0 Å².